The Balaban J connectivity index is 0.00000144. The van der Waals surface area contributed by atoms with Crippen molar-refractivity contribution in [3.05, 3.63) is 0 Å². The van der Waals surface area contributed by atoms with Crippen LogP contribution in [0.5, 0.6) is 0 Å². The highest BCUT2D eigenvalue weighted by atomic mass is 35.5. The molecule has 2 atom stereocenters. The number of rotatable bonds is 6. The second-order valence-electron chi connectivity index (χ2n) is 7.10. The lowest BCUT2D eigenvalue weighted by Crippen LogP contribution is -2.50. The minimum absolute atomic E-state index is 0. The molecule has 3 saturated heterocycles. The molecule has 2 unspecified atom stereocenters. The Morgan fingerprint density at radius 3 is 2.29 bits per heavy atom. The van der Waals surface area contributed by atoms with E-state index in [1.807, 2.05) is 6.92 Å². The summed E-state index contributed by atoms with van der Waals surface area (Å²) in [4.78, 5) is 17.0. The molecule has 2 bridgehead atoms. The fourth-order valence-electron chi connectivity index (χ4n) is 4.28. The molecule has 7 heteroatoms. The number of fused-ring (bicyclic) bond motifs is 2. The highest BCUT2D eigenvalue weighted by Crippen LogP contribution is 2.33. The van der Waals surface area contributed by atoms with Gasteiger partial charge in [-0.2, -0.15) is 0 Å². The number of amides is 1. The Morgan fingerprint density at radius 2 is 1.71 bits per heavy atom. The summed E-state index contributed by atoms with van der Waals surface area (Å²) in [6.45, 7) is 8.40. The SMILES string of the molecule is CCOCCN1CCN(C(=O)CC2CC3CCC(C2)N3)CC1.Cl.Cl. The zero-order valence-corrected chi connectivity index (χ0v) is 16.4. The lowest BCUT2D eigenvalue weighted by Gasteiger charge is -2.36. The van der Waals surface area contributed by atoms with Gasteiger partial charge in [-0.1, -0.05) is 0 Å². The van der Waals surface area contributed by atoms with E-state index in [1.54, 1.807) is 0 Å². The van der Waals surface area contributed by atoms with Gasteiger partial charge < -0.3 is 15.0 Å². The highest BCUT2D eigenvalue weighted by Gasteiger charge is 2.35. The van der Waals surface area contributed by atoms with Gasteiger partial charge in [0.25, 0.3) is 0 Å². The summed E-state index contributed by atoms with van der Waals surface area (Å²) in [6.07, 6.45) is 5.81. The first-order valence-electron chi connectivity index (χ1n) is 9.08. The summed E-state index contributed by atoms with van der Waals surface area (Å²) in [5.41, 5.74) is 0. The number of piperazine rings is 1. The van der Waals surface area contributed by atoms with E-state index >= 15 is 0 Å². The predicted molar refractivity (Wildman–Crippen MR) is 101 cm³/mol. The van der Waals surface area contributed by atoms with E-state index in [0.29, 0.717) is 23.9 Å². The Bertz CT molecular complexity index is 367. The van der Waals surface area contributed by atoms with Crippen molar-refractivity contribution in [3.63, 3.8) is 0 Å². The van der Waals surface area contributed by atoms with Gasteiger partial charge >= 0.3 is 0 Å². The number of hydrogen-bond donors (Lipinski definition) is 1. The summed E-state index contributed by atoms with van der Waals surface area (Å²) < 4.78 is 5.41. The lowest BCUT2D eigenvalue weighted by atomic mass is 9.89. The van der Waals surface area contributed by atoms with Crippen LogP contribution in [0.25, 0.3) is 0 Å². The van der Waals surface area contributed by atoms with Gasteiger partial charge in [-0.05, 0) is 38.5 Å². The molecule has 5 nitrogen and oxygen atoms in total. The highest BCUT2D eigenvalue weighted by molar-refractivity contribution is 5.85. The zero-order valence-electron chi connectivity index (χ0n) is 14.7. The largest absolute Gasteiger partial charge is 0.380 e. The van der Waals surface area contributed by atoms with E-state index in [1.165, 1.54) is 25.7 Å². The van der Waals surface area contributed by atoms with E-state index in [9.17, 15) is 4.79 Å². The van der Waals surface area contributed by atoms with Gasteiger partial charge in [-0.15, -0.1) is 24.8 Å². The maximum Gasteiger partial charge on any atom is 0.222 e. The van der Waals surface area contributed by atoms with Crippen LogP contribution < -0.4 is 5.32 Å². The third-order valence-corrected chi connectivity index (χ3v) is 5.51. The number of ether oxygens (including phenoxy) is 1. The first kappa shape index (κ1) is 22.0. The predicted octanol–water partition coefficient (Wildman–Crippen LogP) is 1.93. The molecule has 0 spiro atoms. The molecule has 0 radical (unpaired) electrons. The standard InChI is InChI=1S/C17H31N3O2.2ClH/c1-2-22-10-9-19-5-7-20(8-6-19)17(21)13-14-11-15-3-4-16(12-14)18-15;;/h14-16,18H,2-13H2,1H3;2*1H. The molecule has 0 aliphatic carbocycles. The van der Waals surface area contributed by atoms with Gasteiger partial charge in [0.2, 0.25) is 5.91 Å². The van der Waals surface area contributed by atoms with Crippen molar-refractivity contribution < 1.29 is 9.53 Å². The van der Waals surface area contributed by atoms with Gasteiger partial charge in [-0.25, -0.2) is 0 Å². The first-order chi connectivity index (χ1) is 10.7. The maximum absolute atomic E-state index is 12.5. The van der Waals surface area contributed by atoms with Crippen LogP contribution in [-0.4, -0.2) is 73.7 Å². The summed E-state index contributed by atoms with van der Waals surface area (Å²) in [7, 11) is 0. The Morgan fingerprint density at radius 1 is 1.08 bits per heavy atom. The summed E-state index contributed by atoms with van der Waals surface area (Å²) in [5.74, 6) is 0.998. The van der Waals surface area contributed by atoms with Crippen molar-refractivity contribution in [2.45, 2.75) is 51.1 Å². The fraction of sp³-hybridized carbons (Fsp3) is 0.941. The van der Waals surface area contributed by atoms with Crippen LogP contribution >= 0.6 is 24.8 Å². The van der Waals surface area contributed by atoms with Crippen molar-refractivity contribution in [2.75, 3.05) is 45.9 Å². The molecule has 1 amide bonds. The van der Waals surface area contributed by atoms with Gasteiger partial charge in [-0.3, -0.25) is 9.69 Å². The van der Waals surface area contributed by atoms with Gasteiger partial charge in [0, 0.05) is 57.8 Å². The molecule has 0 saturated carbocycles. The quantitative estimate of drug-likeness (QED) is 0.713. The molecule has 24 heavy (non-hydrogen) atoms. The Labute approximate surface area is 158 Å². The number of nitrogens with zero attached hydrogens (tertiary/aromatic N) is 2. The average Bonchev–Trinajstić information content (AvgIpc) is 2.87. The topological polar surface area (TPSA) is 44.8 Å². The number of nitrogens with one attached hydrogen (secondary N) is 1. The van der Waals surface area contributed by atoms with Crippen LogP contribution in [0, 0.1) is 5.92 Å². The molecule has 3 heterocycles. The Kier molecular flexibility index (Phi) is 9.90. The number of carbonyl (C=O) groups excluding carboxylic acids is 1. The Hall–Kier alpha value is -0.0700. The number of piperidine rings is 1. The zero-order chi connectivity index (χ0) is 15.4. The lowest BCUT2D eigenvalue weighted by molar-refractivity contribution is -0.134. The first-order valence-corrected chi connectivity index (χ1v) is 9.08. The van der Waals surface area contributed by atoms with Crippen LogP contribution in [0.2, 0.25) is 0 Å². The van der Waals surface area contributed by atoms with Crippen molar-refractivity contribution in [3.8, 4) is 0 Å². The van der Waals surface area contributed by atoms with Crippen LogP contribution in [-0.2, 0) is 9.53 Å². The molecular formula is C17H33Cl2N3O2. The monoisotopic (exact) mass is 381 g/mol. The number of halogens is 2. The van der Waals surface area contributed by atoms with Crippen LogP contribution in [0.4, 0.5) is 0 Å². The summed E-state index contributed by atoms with van der Waals surface area (Å²) in [5, 5.41) is 3.66. The fourth-order valence-corrected chi connectivity index (χ4v) is 4.28. The molecule has 0 aromatic heterocycles. The van der Waals surface area contributed by atoms with Gasteiger partial charge in [0.15, 0.2) is 0 Å². The van der Waals surface area contributed by atoms with Crippen molar-refractivity contribution >= 4 is 30.7 Å². The molecule has 0 aromatic carbocycles. The number of hydrogen-bond acceptors (Lipinski definition) is 4. The van der Waals surface area contributed by atoms with Gasteiger partial charge in [0.05, 0.1) is 6.61 Å². The van der Waals surface area contributed by atoms with E-state index in [2.05, 4.69) is 15.1 Å². The third kappa shape index (κ3) is 6.03. The smallest absolute Gasteiger partial charge is 0.222 e. The summed E-state index contributed by atoms with van der Waals surface area (Å²) >= 11 is 0. The molecule has 1 N–H and O–H groups in total. The minimum atomic E-state index is 0. The van der Waals surface area contributed by atoms with Crippen LogP contribution in [0.15, 0.2) is 0 Å². The third-order valence-electron chi connectivity index (χ3n) is 5.51. The van der Waals surface area contributed by atoms with Crippen molar-refractivity contribution in [1.82, 2.24) is 15.1 Å². The average molecular weight is 382 g/mol. The normalized spacial score (nSPS) is 29.7. The molecule has 3 aliphatic heterocycles. The van der Waals surface area contributed by atoms with Crippen molar-refractivity contribution in [1.29, 1.82) is 0 Å². The van der Waals surface area contributed by atoms with E-state index in [4.69, 9.17) is 4.74 Å². The van der Waals surface area contributed by atoms with E-state index in [-0.39, 0.29) is 24.8 Å². The number of carbonyl (C=O) groups is 1. The van der Waals surface area contributed by atoms with Crippen LogP contribution in [0.1, 0.15) is 39.0 Å². The van der Waals surface area contributed by atoms with E-state index < -0.39 is 0 Å². The summed E-state index contributed by atoms with van der Waals surface area (Å²) in [6, 6.07) is 1.37. The molecule has 0 aromatic rings. The second kappa shape index (κ2) is 10.8. The molecule has 3 fully saturated rings. The van der Waals surface area contributed by atoms with Gasteiger partial charge in [0.1, 0.15) is 0 Å². The molecule has 3 rings (SSSR count). The second-order valence-corrected chi connectivity index (χ2v) is 7.10. The minimum Gasteiger partial charge on any atom is -0.380 e. The molecule has 3 aliphatic rings. The van der Waals surface area contributed by atoms with E-state index in [0.717, 1.165) is 52.4 Å². The molecule has 142 valence electrons. The maximum atomic E-state index is 12.5. The van der Waals surface area contributed by atoms with Crippen LogP contribution in [0.3, 0.4) is 0 Å². The van der Waals surface area contributed by atoms with Crippen molar-refractivity contribution in [2.24, 2.45) is 5.92 Å². The molecular weight excluding hydrogens is 349 g/mol.